The molecule has 1 aromatic heterocycles. The zero-order valence-corrected chi connectivity index (χ0v) is 11.1. The van der Waals surface area contributed by atoms with Crippen LogP contribution in [0.3, 0.4) is 0 Å². The predicted molar refractivity (Wildman–Crippen MR) is 71.0 cm³/mol. The number of hydrogen-bond acceptors (Lipinski definition) is 3. The normalized spacial score (nSPS) is 9.74. The molecule has 4 nitrogen and oxygen atoms in total. The molecule has 0 unspecified atom stereocenters. The number of rotatable bonds is 2. The van der Waals surface area contributed by atoms with E-state index in [4.69, 9.17) is 5.26 Å². The van der Waals surface area contributed by atoms with Crippen LogP contribution in [0.25, 0.3) is 0 Å². The van der Waals surface area contributed by atoms with E-state index in [-0.39, 0.29) is 11.4 Å². The maximum atomic E-state index is 13.5. The minimum atomic E-state index is -0.546. The standard InChI is InChI=1S/C13H7BrFN3O/c14-9-2-1-3-10(15)12(9)18-13(19)11-5-4-8(6-16)7-17-11/h1-5,7H,(H,18,19). The van der Waals surface area contributed by atoms with E-state index < -0.39 is 11.7 Å². The van der Waals surface area contributed by atoms with Gasteiger partial charge in [0.2, 0.25) is 0 Å². The van der Waals surface area contributed by atoms with E-state index in [0.717, 1.165) is 0 Å². The summed E-state index contributed by atoms with van der Waals surface area (Å²) in [6.45, 7) is 0. The molecule has 0 radical (unpaired) electrons. The Kier molecular flexibility index (Phi) is 3.88. The lowest BCUT2D eigenvalue weighted by Gasteiger charge is -2.07. The van der Waals surface area contributed by atoms with Gasteiger partial charge in [0.25, 0.3) is 5.91 Å². The molecule has 0 atom stereocenters. The molecule has 0 bridgehead atoms. The molecule has 0 spiro atoms. The van der Waals surface area contributed by atoms with Crippen molar-refractivity contribution in [3.63, 3.8) is 0 Å². The van der Waals surface area contributed by atoms with Crippen LogP contribution >= 0.6 is 15.9 Å². The number of amides is 1. The summed E-state index contributed by atoms with van der Waals surface area (Å²) in [5, 5.41) is 11.1. The molecule has 0 aliphatic heterocycles. The van der Waals surface area contributed by atoms with Crippen LogP contribution in [0, 0.1) is 17.1 Å². The summed E-state index contributed by atoms with van der Waals surface area (Å²) in [5.41, 5.74) is 0.511. The highest BCUT2D eigenvalue weighted by Crippen LogP contribution is 2.25. The topological polar surface area (TPSA) is 65.8 Å². The second kappa shape index (κ2) is 5.59. The van der Waals surface area contributed by atoms with E-state index in [1.54, 1.807) is 6.07 Å². The number of hydrogen-bond donors (Lipinski definition) is 1. The number of aromatic nitrogens is 1. The maximum Gasteiger partial charge on any atom is 0.274 e. The van der Waals surface area contributed by atoms with Crippen LogP contribution in [0.2, 0.25) is 0 Å². The first-order chi connectivity index (χ1) is 9.11. The van der Waals surface area contributed by atoms with E-state index in [0.29, 0.717) is 10.0 Å². The van der Waals surface area contributed by atoms with Crippen LogP contribution in [0.4, 0.5) is 10.1 Å². The second-order valence-electron chi connectivity index (χ2n) is 3.59. The van der Waals surface area contributed by atoms with Crippen molar-refractivity contribution in [1.29, 1.82) is 5.26 Å². The minimum absolute atomic E-state index is 0.0543. The number of benzene rings is 1. The highest BCUT2D eigenvalue weighted by molar-refractivity contribution is 9.10. The smallest absolute Gasteiger partial charge is 0.274 e. The highest BCUT2D eigenvalue weighted by atomic mass is 79.9. The van der Waals surface area contributed by atoms with Gasteiger partial charge in [-0.15, -0.1) is 0 Å². The Balaban J connectivity index is 2.23. The van der Waals surface area contributed by atoms with Gasteiger partial charge in [-0.25, -0.2) is 9.37 Å². The van der Waals surface area contributed by atoms with E-state index in [9.17, 15) is 9.18 Å². The van der Waals surface area contributed by atoms with Crippen molar-refractivity contribution >= 4 is 27.5 Å². The predicted octanol–water partition coefficient (Wildman–Crippen LogP) is 3.11. The Labute approximate surface area is 117 Å². The zero-order valence-electron chi connectivity index (χ0n) is 9.52. The Bertz CT molecular complexity index is 644. The average Bonchev–Trinajstić information content (AvgIpc) is 2.43. The SMILES string of the molecule is N#Cc1ccc(C(=O)Nc2c(F)cccc2Br)nc1. The number of anilines is 1. The summed E-state index contributed by atoms with van der Waals surface area (Å²) in [6.07, 6.45) is 1.28. The number of halogens is 2. The third-order valence-electron chi connectivity index (χ3n) is 2.33. The monoisotopic (exact) mass is 319 g/mol. The Morgan fingerprint density at radius 2 is 2.16 bits per heavy atom. The third kappa shape index (κ3) is 2.95. The lowest BCUT2D eigenvalue weighted by atomic mass is 10.2. The second-order valence-corrected chi connectivity index (χ2v) is 4.45. The molecule has 6 heteroatoms. The highest BCUT2D eigenvalue weighted by Gasteiger charge is 2.12. The fourth-order valence-corrected chi connectivity index (χ4v) is 1.83. The van der Waals surface area contributed by atoms with Crippen molar-refractivity contribution < 1.29 is 9.18 Å². The third-order valence-corrected chi connectivity index (χ3v) is 2.99. The number of nitriles is 1. The van der Waals surface area contributed by atoms with Gasteiger partial charge in [0.1, 0.15) is 17.6 Å². The van der Waals surface area contributed by atoms with Gasteiger partial charge in [-0.05, 0) is 40.2 Å². The van der Waals surface area contributed by atoms with Crippen LogP contribution < -0.4 is 5.32 Å². The maximum absolute atomic E-state index is 13.5. The minimum Gasteiger partial charge on any atom is -0.317 e. The van der Waals surface area contributed by atoms with Crippen molar-refractivity contribution in [2.75, 3.05) is 5.32 Å². The molecule has 0 fully saturated rings. The Morgan fingerprint density at radius 3 is 2.74 bits per heavy atom. The van der Waals surface area contributed by atoms with E-state index in [1.165, 1.54) is 30.5 Å². The molecule has 0 aliphatic carbocycles. The molecule has 2 rings (SSSR count). The quantitative estimate of drug-likeness (QED) is 0.924. The molecule has 1 N–H and O–H groups in total. The zero-order chi connectivity index (χ0) is 13.8. The van der Waals surface area contributed by atoms with E-state index in [1.807, 2.05) is 6.07 Å². The molecule has 19 heavy (non-hydrogen) atoms. The number of carbonyl (C=O) groups excluding carboxylic acids is 1. The van der Waals surface area contributed by atoms with Gasteiger partial charge in [-0.1, -0.05) is 6.07 Å². The lowest BCUT2D eigenvalue weighted by Crippen LogP contribution is -2.15. The summed E-state index contributed by atoms with van der Waals surface area (Å²) in [7, 11) is 0. The summed E-state index contributed by atoms with van der Waals surface area (Å²) >= 11 is 3.15. The first-order valence-corrected chi connectivity index (χ1v) is 6.02. The van der Waals surface area contributed by atoms with Crippen molar-refractivity contribution in [3.8, 4) is 6.07 Å². The molecule has 0 saturated heterocycles. The van der Waals surface area contributed by atoms with Crippen molar-refractivity contribution in [2.24, 2.45) is 0 Å². The first kappa shape index (κ1) is 13.2. The first-order valence-electron chi connectivity index (χ1n) is 5.23. The summed E-state index contributed by atoms with van der Waals surface area (Å²) in [5.74, 6) is -1.09. The summed E-state index contributed by atoms with van der Waals surface area (Å²) < 4.78 is 14.0. The van der Waals surface area contributed by atoms with Crippen molar-refractivity contribution in [3.05, 3.63) is 58.1 Å². The molecule has 0 saturated carbocycles. The van der Waals surface area contributed by atoms with Gasteiger partial charge < -0.3 is 5.32 Å². The molecule has 2 aromatic rings. The van der Waals surface area contributed by atoms with E-state index >= 15 is 0 Å². The van der Waals surface area contributed by atoms with Gasteiger partial charge in [-0.2, -0.15) is 5.26 Å². The molecule has 1 aromatic carbocycles. The number of para-hydroxylation sites is 1. The van der Waals surface area contributed by atoms with Crippen LogP contribution in [-0.4, -0.2) is 10.9 Å². The Hall–Kier alpha value is -2.26. The largest absolute Gasteiger partial charge is 0.317 e. The van der Waals surface area contributed by atoms with Crippen LogP contribution in [0.5, 0.6) is 0 Å². The fraction of sp³-hybridized carbons (Fsp3) is 0. The van der Waals surface area contributed by atoms with Gasteiger partial charge in [-0.3, -0.25) is 4.79 Å². The van der Waals surface area contributed by atoms with Gasteiger partial charge in [0.15, 0.2) is 0 Å². The van der Waals surface area contributed by atoms with Gasteiger partial charge in [0, 0.05) is 10.7 Å². The van der Waals surface area contributed by atoms with Gasteiger partial charge >= 0.3 is 0 Å². The number of nitrogens with one attached hydrogen (secondary N) is 1. The summed E-state index contributed by atoms with van der Waals surface area (Å²) in [4.78, 5) is 15.7. The molecule has 1 heterocycles. The fourth-order valence-electron chi connectivity index (χ4n) is 1.39. The van der Waals surface area contributed by atoms with Gasteiger partial charge in [0.05, 0.1) is 11.3 Å². The van der Waals surface area contributed by atoms with Crippen LogP contribution in [-0.2, 0) is 0 Å². The van der Waals surface area contributed by atoms with E-state index in [2.05, 4.69) is 26.2 Å². The van der Waals surface area contributed by atoms with Crippen LogP contribution in [0.1, 0.15) is 16.1 Å². The molecule has 1 amide bonds. The molecular formula is C13H7BrFN3O. The summed E-state index contributed by atoms with van der Waals surface area (Å²) in [6, 6.07) is 9.16. The molecule has 94 valence electrons. The number of pyridine rings is 1. The molecular weight excluding hydrogens is 313 g/mol. The average molecular weight is 320 g/mol. The molecule has 0 aliphatic rings. The number of carbonyl (C=O) groups is 1. The van der Waals surface area contributed by atoms with Crippen molar-refractivity contribution in [2.45, 2.75) is 0 Å². The van der Waals surface area contributed by atoms with Crippen molar-refractivity contribution in [1.82, 2.24) is 4.98 Å². The number of nitrogens with zero attached hydrogens (tertiary/aromatic N) is 2. The lowest BCUT2D eigenvalue weighted by molar-refractivity contribution is 0.102. The Morgan fingerprint density at radius 1 is 1.37 bits per heavy atom. The van der Waals surface area contributed by atoms with Crippen LogP contribution in [0.15, 0.2) is 41.0 Å².